The van der Waals surface area contributed by atoms with Crippen LogP contribution in [0.5, 0.6) is 0 Å². The Hall–Kier alpha value is -1.25. The van der Waals surface area contributed by atoms with E-state index in [0.29, 0.717) is 5.69 Å². The first kappa shape index (κ1) is 7.85. The molecule has 3 nitrogen and oxygen atoms in total. The first-order valence-electron chi connectivity index (χ1n) is 3.54. The molecular formula is C8H11NO2. The fourth-order valence-corrected chi connectivity index (χ4v) is 0.876. The summed E-state index contributed by atoms with van der Waals surface area (Å²) in [5.74, 6) is -0.315. The van der Waals surface area contributed by atoms with Crippen molar-refractivity contribution in [3.05, 3.63) is 23.5 Å². The minimum atomic E-state index is -0.315. The number of nitrogens with one attached hydrogen (secondary N) is 1. The molecule has 0 bridgehead atoms. The van der Waals surface area contributed by atoms with E-state index in [1.807, 2.05) is 13.0 Å². The van der Waals surface area contributed by atoms with E-state index in [1.54, 1.807) is 6.07 Å². The van der Waals surface area contributed by atoms with E-state index in [9.17, 15) is 4.79 Å². The van der Waals surface area contributed by atoms with Crippen LogP contribution in [0.15, 0.2) is 12.1 Å². The quantitative estimate of drug-likeness (QED) is 0.652. The Labute approximate surface area is 65.4 Å². The molecule has 1 N–H and O–H groups in total. The Morgan fingerprint density at radius 1 is 1.64 bits per heavy atom. The highest BCUT2D eigenvalue weighted by molar-refractivity contribution is 5.87. The predicted molar refractivity (Wildman–Crippen MR) is 41.5 cm³/mol. The summed E-state index contributed by atoms with van der Waals surface area (Å²) in [6, 6.07) is 3.61. The Morgan fingerprint density at radius 3 is 2.82 bits per heavy atom. The lowest BCUT2D eigenvalue weighted by molar-refractivity contribution is 0.0594. The third-order valence-electron chi connectivity index (χ3n) is 1.53. The van der Waals surface area contributed by atoms with Gasteiger partial charge in [0.2, 0.25) is 0 Å². The summed E-state index contributed by atoms with van der Waals surface area (Å²) in [4.78, 5) is 13.8. The summed E-state index contributed by atoms with van der Waals surface area (Å²) in [6.45, 7) is 2.02. The van der Waals surface area contributed by atoms with Crippen molar-refractivity contribution < 1.29 is 9.53 Å². The number of hydrogen-bond donors (Lipinski definition) is 1. The second-order valence-electron chi connectivity index (χ2n) is 2.24. The van der Waals surface area contributed by atoms with Gasteiger partial charge in [-0.05, 0) is 18.6 Å². The van der Waals surface area contributed by atoms with Crippen molar-refractivity contribution in [2.45, 2.75) is 13.3 Å². The standard InChI is InChI=1S/C8H11NO2/c1-3-6-4-5-7(9-6)8(10)11-2/h4-5,9H,3H2,1-2H3. The van der Waals surface area contributed by atoms with E-state index in [2.05, 4.69) is 9.72 Å². The molecule has 0 amide bonds. The minimum Gasteiger partial charge on any atom is -0.464 e. The second kappa shape index (κ2) is 3.23. The first-order chi connectivity index (χ1) is 5.27. The Balaban J connectivity index is 2.80. The molecule has 0 radical (unpaired) electrons. The normalized spacial score (nSPS) is 9.64. The van der Waals surface area contributed by atoms with Crippen LogP contribution in [0.4, 0.5) is 0 Å². The van der Waals surface area contributed by atoms with Gasteiger partial charge in [-0.25, -0.2) is 4.79 Å². The van der Waals surface area contributed by atoms with Gasteiger partial charge in [0.25, 0.3) is 0 Å². The van der Waals surface area contributed by atoms with Crippen molar-refractivity contribution in [3.8, 4) is 0 Å². The number of aromatic amines is 1. The van der Waals surface area contributed by atoms with Gasteiger partial charge in [0.15, 0.2) is 0 Å². The monoisotopic (exact) mass is 153 g/mol. The van der Waals surface area contributed by atoms with Gasteiger partial charge in [-0.1, -0.05) is 6.92 Å². The Kier molecular flexibility index (Phi) is 2.31. The average Bonchev–Trinajstić information content (AvgIpc) is 2.50. The maximum Gasteiger partial charge on any atom is 0.354 e. The number of methoxy groups -OCH3 is 1. The van der Waals surface area contributed by atoms with Crippen LogP contribution in [0.3, 0.4) is 0 Å². The zero-order chi connectivity index (χ0) is 8.27. The summed E-state index contributed by atoms with van der Waals surface area (Å²) >= 11 is 0. The molecule has 1 aromatic heterocycles. The van der Waals surface area contributed by atoms with Crippen LogP contribution in [0.2, 0.25) is 0 Å². The number of rotatable bonds is 2. The zero-order valence-electron chi connectivity index (χ0n) is 6.68. The average molecular weight is 153 g/mol. The van der Waals surface area contributed by atoms with Gasteiger partial charge in [0.1, 0.15) is 5.69 Å². The van der Waals surface area contributed by atoms with E-state index in [1.165, 1.54) is 7.11 Å². The highest BCUT2D eigenvalue weighted by atomic mass is 16.5. The lowest BCUT2D eigenvalue weighted by Gasteiger charge is -1.93. The molecule has 0 saturated carbocycles. The van der Waals surface area contributed by atoms with Gasteiger partial charge in [0, 0.05) is 5.69 Å². The third-order valence-corrected chi connectivity index (χ3v) is 1.53. The molecule has 0 aliphatic rings. The van der Waals surface area contributed by atoms with Crippen LogP contribution in [-0.2, 0) is 11.2 Å². The molecular weight excluding hydrogens is 142 g/mol. The summed E-state index contributed by atoms with van der Waals surface area (Å²) in [6.07, 6.45) is 0.900. The number of esters is 1. The molecule has 0 fully saturated rings. The maximum atomic E-state index is 10.9. The van der Waals surface area contributed by atoms with Crippen LogP contribution in [0.25, 0.3) is 0 Å². The molecule has 0 unspecified atom stereocenters. The van der Waals surface area contributed by atoms with Crippen molar-refractivity contribution in [2.24, 2.45) is 0 Å². The fourth-order valence-electron chi connectivity index (χ4n) is 0.876. The minimum absolute atomic E-state index is 0.315. The smallest absolute Gasteiger partial charge is 0.354 e. The number of aryl methyl sites for hydroxylation is 1. The maximum absolute atomic E-state index is 10.9. The Bertz CT molecular complexity index is 252. The van der Waals surface area contributed by atoms with E-state index in [0.717, 1.165) is 12.1 Å². The lowest BCUT2D eigenvalue weighted by Crippen LogP contribution is -2.01. The molecule has 0 aliphatic heterocycles. The van der Waals surface area contributed by atoms with Crippen molar-refractivity contribution in [3.63, 3.8) is 0 Å². The van der Waals surface area contributed by atoms with Gasteiger partial charge in [0.05, 0.1) is 7.11 Å². The molecule has 0 aliphatic carbocycles. The van der Waals surface area contributed by atoms with Crippen LogP contribution in [-0.4, -0.2) is 18.1 Å². The number of aromatic nitrogens is 1. The molecule has 0 spiro atoms. The summed E-state index contributed by atoms with van der Waals surface area (Å²) in [5, 5.41) is 0. The number of ether oxygens (including phenoxy) is 1. The molecule has 3 heteroatoms. The molecule has 1 rings (SSSR count). The first-order valence-corrected chi connectivity index (χ1v) is 3.54. The molecule has 0 saturated heterocycles. The van der Waals surface area contributed by atoms with E-state index in [4.69, 9.17) is 0 Å². The molecule has 60 valence electrons. The molecule has 1 heterocycles. The molecule has 0 aromatic carbocycles. The second-order valence-corrected chi connectivity index (χ2v) is 2.24. The third kappa shape index (κ3) is 1.61. The molecule has 1 aromatic rings. The molecule has 11 heavy (non-hydrogen) atoms. The van der Waals surface area contributed by atoms with Crippen molar-refractivity contribution in [1.82, 2.24) is 4.98 Å². The van der Waals surface area contributed by atoms with Crippen LogP contribution >= 0.6 is 0 Å². The van der Waals surface area contributed by atoms with Gasteiger partial charge >= 0.3 is 5.97 Å². The van der Waals surface area contributed by atoms with E-state index >= 15 is 0 Å². The number of carbonyl (C=O) groups excluding carboxylic acids is 1. The number of hydrogen-bond acceptors (Lipinski definition) is 2. The Morgan fingerprint density at radius 2 is 2.36 bits per heavy atom. The van der Waals surface area contributed by atoms with Crippen molar-refractivity contribution in [2.75, 3.05) is 7.11 Å². The summed E-state index contributed by atoms with van der Waals surface area (Å²) in [5.41, 5.74) is 1.56. The van der Waals surface area contributed by atoms with Gasteiger partial charge in [-0.3, -0.25) is 0 Å². The fraction of sp³-hybridized carbons (Fsp3) is 0.375. The van der Waals surface area contributed by atoms with Crippen LogP contribution in [0, 0.1) is 0 Å². The summed E-state index contributed by atoms with van der Waals surface area (Å²) in [7, 11) is 1.37. The van der Waals surface area contributed by atoms with Gasteiger partial charge in [-0.15, -0.1) is 0 Å². The van der Waals surface area contributed by atoms with Gasteiger partial charge < -0.3 is 9.72 Å². The highest BCUT2D eigenvalue weighted by Gasteiger charge is 2.05. The van der Waals surface area contributed by atoms with Gasteiger partial charge in [-0.2, -0.15) is 0 Å². The predicted octanol–water partition coefficient (Wildman–Crippen LogP) is 1.36. The van der Waals surface area contributed by atoms with E-state index < -0.39 is 0 Å². The SMILES string of the molecule is CCc1ccc(C(=O)OC)[nH]1. The topological polar surface area (TPSA) is 42.1 Å². The summed E-state index contributed by atoms with van der Waals surface area (Å²) < 4.78 is 4.52. The largest absolute Gasteiger partial charge is 0.464 e. The van der Waals surface area contributed by atoms with Crippen LogP contribution in [0.1, 0.15) is 23.1 Å². The lowest BCUT2D eigenvalue weighted by atomic mass is 10.3. The molecule has 0 atom stereocenters. The van der Waals surface area contributed by atoms with E-state index in [-0.39, 0.29) is 5.97 Å². The van der Waals surface area contributed by atoms with Crippen molar-refractivity contribution in [1.29, 1.82) is 0 Å². The highest BCUT2D eigenvalue weighted by Crippen LogP contribution is 2.03. The number of H-pyrrole nitrogens is 1. The van der Waals surface area contributed by atoms with Crippen molar-refractivity contribution >= 4 is 5.97 Å². The van der Waals surface area contributed by atoms with Crippen LogP contribution < -0.4 is 0 Å². The number of carbonyl (C=O) groups is 1. The zero-order valence-corrected chi connectivity index (χ0v) is 6.68.